The third kappa shape index (κ3) is 4.73. The summed E-state index contributed by atoms with van der Waals surface area (Å²) in [5.41, 5.74) is 5.19. The topological polar surface area (TPSA) is 83.0 Å². The molecule has 0 saturated carbocycles. The van der Waals surface area contributed by atoms with Crippen LogP contribution in [0.2, 0.25) is 0 Å². The highest BCUT2D eigenvalue weighted by molar-refractivity contribution is 5.99. The quantitative estimate of drug-likeness (QED) is 0.375. The standard InChI is InChI=1S/C27H26N6O/c1-2-25(34)30-21-13-14-28-24(17-21)23-8-6-7-19-18-29-27(32-26(19)23)31-20-9-11-22(12-10-20)33-15-4-3-5-16-33/h2,6-14,17-18H,1,3-5,15-16H2,(H,28,30,34)(H,29,31,32). The van der Waals surface area contributed by atoms with Crippen molar-refractivity contribution in [1.82, 2.24) is 15.0 Å². The van der Waals surface area contributed by atoms with Crippen LogP contribution in [0.15, 0.2) is 79.6 Å². The normalized spacial score (nSPS) is 13.5. The van der Waals surface area contributed by atoms with Gasteiger partial charge in [0.1, 0.15) is 0 Å². The summed E-state index contributed by atoms with van der Waals surface area (Å²) in [4.78, 5) is 27.9. The molecule has 0 aliphatic carbocycles. The highest BCUT2D eigenvalue weighted by atomic mass is 16.1. The highest BCUT2D eigenvalue weighted by Gasteiger charge is 2.12. The molecule has 5 rings (SSSR count). The van der Waals surface area contributed by atoms with Crippen molar-refractivity contribution in [3.8, 4) is 11.3 Å². The summed E-state index contributed by atoms with van der Waals surface area (Å²) in [6.45, 7) is 5.74. The monoisotopic (exact) mass is 450 g/mol. The number of rotatable bonds is 6. The molecule has 4 aromatic rings. The van der Waals surface area contributed by atoms with E-state index in [0.717, 1.165) is 35.2 Å². The molecule has 34 heavy (non-hydrogen) atoms. The van der Waals surface area contributed by atoms with E-state index in [9.17, 15) is 4.79 Å². The molecule has 1 aliphatic rings. The predicted molar refractivity (Wildman–Crippen MR) is 137 cm³/mol. The minimum atomic E-state index is -0.268. The van der Waals surface area contributed by atoms with Gasteiger partial charge in [-0.1, -0.05) is 24.8 Å². The van der Waals surface area contributed by atoms with E-state index in [1.807, 2.05) is 24.3 Å². The van der Waals surface area contributed by atoms with Crippen LogP contribution in [0.3, 0.4) is 0 Å². The number of pyridine rings is 1. The first kappa shape index (κ1) is 21.6. The Labute approximate surface area is 198 Å². The molecule has 0 spiro atoms. The maximum Gasteiger partial charge on any atom is 0.247 e. The van der Waals surface area contributed by atoms with E-state index in [2.05, 4.69) is 56.3 Å². The van der Waals surface area contributed by atoms with Gasteiger partial charge >= 0.3 is 0 Å². The minimum absolute atomic E-state index is 0.268. The minimum Gasteiger partial charge on any atom is -0.372 e. The fourth-order valence-electron chi connectivity index (χ4n) is 4.21. The van der Waals surface area contributed by atoms with Gasteiger partial charge in [-0.3, -0.25) is 9.78 Å². The number of amides is 1. The summed E-state index contributed by atoms with van der Waals surface area (Å²) < 4.78 is 0. The Morgan fingerprint density at radius 1 is 0.971 bits per heavy atom. The van der Waals surface area contributed by atoms with Gasteiger partial charge in [0.05, 0.1) is 11.2 Å². The van der Waals surface area contributed by atoms with Crippen LogP contribution < -0.4 is 15.5 Å². The van der Waals surface area contributed by atoms with Crippen molar-refractivity contribution in [2.24, 2.45) is 0 Å². The molecule has 7 heteroatoms. The number of piperidine rings is 1. The number of hydrogen-bond acceptors (Lipinski definition) is 6. The van der Waals surface area contributed by atoms with Crippen molar-refractivity contribution in [3.05, 3.63) is 79.6 Å². The van der Waals surface area contributed by atoms with Crippen molar-refractivity contribution in [1.29, 1.82) is 0 Å². The highest BCUT2D eigenvalue weighted by Crippen LogP contribution is 2.29. The van der Waals surface area contributed by atoms with Crippen molar-refractivity contribution >= 4 is 39.8 Å². The van der Waals surface area contributed by atoms with Crippen molar-refractivity contribution in [2.45, 2.75) is 19.3 Å². The molecule has 3 heterocycles. The molecule has 2 aromatic carbocycles. The van der Waals surface area contributed by atoms with E-state index < -0.39 is 0 Å². The van der Waals surface area contributed by atoms with Gasteiger partial charge < -0.3 is 15.5 Å². The first-order chi connectivity index (χ1) is 16.7. The summed E-state index contributed by atoms with van der Waals surface area (Å²) >= 11 is 0. The Bertz CT molecular complexity index is 1330. The van der Waals surface area contributed by atoms with Crippen molar-refractivity contribution in [2.75, 3.05) is 28.6 Å². The smallest absolute Gasteiger partial charge is 0.247 e. The van der Waals surface area contributed by atoms with Crippen LogP contribution in [0.1, 0.15) is 19.3 Å². The van der Waals surface area contributed by atoms with Crippen LogP contribution in [-0.4, -0.2) is 33.9 Å². The van der Waals surface area contributed by atoms with Gasteiger partial charge in [0.2, 0.25) is 11.9 Å². The maximum absolute atomic E-state index is 11.7. The average molecular weight is 451 g/mol. The number of fused-ring (bicyclic) bond motifs is 1. The van der Waals surface area contributed by atoms with E-state index in [0.29, 0.717) is 17.3 Å². The SMILES string of the molecule is C=CC(=O)Nc1ccnc(-c2cccc3cnc(Nc4ccc(N5CCCCC5)cc4)nc23)c1. The average Bonchev–Trinajstić information content (AvgIpc) is 2.89. The lowest BCUT2D eigenvalue weighted by Crippen LogP contribution is -2.29. The lowest BCUT2D eigenvalue weighted by Gasteiger charge is -2.28. The van der Waals surface area contributed by atoms with Crippen LogP contribution in [0.5, 0.6) is 0 Å². The molecule has 0 unspecified atom stereocenters. The van der Waals surface area contributed by atoms with Gasteiger partial charge in [-0.2, -0.15) is 0 Å². The second-order valence-electron chi connectivity index (χ2n) is 8.28. The number of para-hydroxylation sites is 1. The van der Waals surface area contributed by atoms with Crippen LogP contribution in [-0.2, 0) is 4.79 Å². The van der Waals surface area contributed by atoms with Crippen molar-refractivity contribution < 1.29 is 4.79 Å². The zero-order valence-corrected chi connectivity index (χ0v) is 18.9. The number of aromatic nitrogens is 3. The summed E-state index contributed by atoms with van der Waals surface area (Å²) in [5.74, 6) is 0.247. The maximum atomic E-state index is 11.7. The zero-order chi connectivity index (χ0) is 23.3. The number of anilines is 4. The first-order valence-electron chi connectivity index (χ1n) is 11.5. The molecular weight excluding hydrogens is 424 g/mol. The van der Waals surface area contributed by atoms with Crippen LogP contribution in [0.4, 0.5) is 23.0 Å². The molecule has 1 aliphatic heterocycles. The summed E-state index contributed by atoms with van der Waals surface area (Å²) in [6.07, 6.45) is 8.54. The Morgan fingerprint density at radius 3 is 2.59 bits per heavy atom. The van der Waals surface area contributed by atoms with Gasteiger partial charge in [0, 0.05) is 53.5 Å². The molecule has 7 nitrogen and oxygen atoms in total. The zero-order valence-electron chi connectivity index (χ0n) is 18.9. The molecule has 1 fully saturated rings. The fraction of sp³-hybridized carbons (Fsp3) is 0.185. The number of benzene rings is 2. The Balaban J connectivity index is 1.41. The molecule has 2 N–H and O–H groups in total. The molecule has 0 atom stereocenters. The predicted octanol–water partition coefficient (Wildman–Crippen LogP) is 5.55. The first-order valence-corrected chi connectivity index (χ1v) is 11.5. The van der Waals surface area contributed by atoms with Gasteiger partial charge in [-0.25, -0.2) is 9.97 Å². The van der Waals surface area contributed by atoms with Gasteiger partial charge in [0.15, 0.2) is 0 Å². The molecule has 170 valence electrons. The van der Waals surface area contributed by atoms with Gasteiger partial charge in [0.25, 0.3) is 0 Å². The number of carbonyl (C=O) groups is 1. The van der Waals surface area contributed by atoms with Crippen LogP contribution >= 0.6 is 0 Å². The van der Waals surface area contributed by atoms with E-state index >= 15 is 0 Å². The second-order valence-corrected chi connectivity index (χ2v) is 8.28. The summed E-state index contributed by atoms with van der Waals surface area (Å²) in [6, 6.07) is 17.9. The molecule has 0 bridgehead atoms. The largest absolute Gasteiger partial charge is 0.372 e. The van der Waals surface area contributed by atoms with Gasteiger partial charge in [-0.15, -0.1) is 0 Å². The van der Waals surface area contributed by atoms with Crippen LogP contribution in [0, 0.1) is 0 Å². The number of hydrogen-bond donors (Lipinski definition) is 2. The molecular formula is C27H26N6O. The molecule has 1 amide bonds. The van der Waals surface area contributed by atoms with Gasteiger partial charge in [-0.05, 0) is 61.7 Å². The fourth-order valence-corrected chi connectivity index (χ4v) is 4.21. The van der Waals surface area contributed by atoms with E-state index in [4.69, 9.17) is 4.98 Å². The van der Waals surface area contributed by atoms with Crippen LogP contribution in [0.25, 0.3) is 22.2 Å². The third-order valence-electron chi connectivity index (χ3n) is 5.94. The third-order valence-corrected chi connectivity index (χ3v) is 5.94. The second kappa shape index (κ2) is 9.70. The summed E-state index contributed by atoms with van der Waals surface area (Å²) in [5, 5.41) is 7.01. The van der Waals surface area contributed by atoms with E-state index in [1.165, 1.54) is 31.0 Å². The van der Waals surface area contributed by atoms with E-state index in [-0.39, 0.29) is 5.91 Å². The van der Waals surface area contributed by atoms with E-state index in [1.54, 1.807) is 18.5 Å². The molecule has 0 radical (unpaired) electrons. The number of nitrogens with one attached hydrogen (secondary N) is 2. The summed E-state index contributed by atoms with van der Waals surface area (Å²) in [7, 11) is 0. The van der Waals surface area contributed by atoms with Crippen molar-refractivity contribution in [3.63, 3.8) is 0 Å². The Morgan fingerprint density at radius 2 is 1.79 bits per heavy atom. The lowest BCUT2D eigenvalue weighted by atomic mass is 10.1. The molecule has 1 saturated heterocycles. The Hall–Kier alpha value is -4.26. The number of carbonyl (C=O) groups excluding carboxylic acids is 1. The lowest BCUT2D eigenvalue weighted by molar-refractivity contribution is -0.111. The Kier molecular flexibility index (Phi) is 6.16. The molecule has 2 aromatic heterocycles. The number of nitrogens with zero attached hydrogens (tertiary/aromatic N) is 4.